The van der Waals surface area contributed by atoms with E-state index >= 15 is 0 Å². The number of nitrogens with zero attached hydrogens (tertiary/aromatic N) is 1. The first kappa shape index (κ1) is 14.8. The minimum absolute atomic E-state index is 0. The van der Waals surface area contributed by atoms with Crippen LogP contribution < -0.4 is 5.73 Å². The van der Waals surface area contributed by atoms with Gasteiger partial charge < -0.3 is 15.6 Å². The molecule has 0 spiro atoms. The lowest BCUT2D eigenvalue weighted by Crippen LogP contribution is -2.34. The minimum Gasteiger partial charge on any atom is -0.356 e. The molecule has 3 N–H and O–H groups in total. The van der Waals surface area contributed by atoms with Crippen LogP contribution in [0, 0.1) is 9.49 Å². The molecule has 1 saturated heterocycles. The van der Waals surface area contributed by atoms with Gasteiger partial charge in [-0.3, -0.25) is 4.79 Å². The lowest BCUT2D eigenvalue weighted by molar-refractivity contribution is 0.0738. The summed E-state index contributed by atoms with van der Waals surface area (Å²) in [6.45, 7) is 3.53. The predicted molar refractivity (Wildman–Crippen MR) is 78.4 cm³/mol. The SMILES string of the molecule is CC1CC(CN)CN1C(=O)c1cc(I)c[nH]1.Cl. The Morgan fingerprint density at radius 3 is 2.88 bits per heavy atom. The molecule has 0 aromatic carbocycles. The molecular weight excluding hydrogens is 352 g/mol. The van der Waals surface area contributed by atoms with Gasteiger partial charge in [-0.2, -0.15) is 0 Å². The van der Waals surface area contributed by atoms with Crippen molar-refractivity contribution in [2.75, 3.05) is 13.1 Å². The van der Waals surface area contributed by atoms with E-state index in [1.807, 2.05) is 17.2 Å². The molecule has 0 saturated carbocycles. The highest BCUT2D eigenvalue weighted by Crippen LogP contribution is 2.24. The monoisotopic (exact) mass is 369 g/mol. The van der Waals surface area contributed by atoms with Crippen LogP contribution in [0.25, 0.3) is 0 Å². The standard InChI is InChI=1S/C11H16IN3O.ClH/c1-7-2-8(4-13)6-15(7)11(16)10-3-9(12)5-14-10;/h3,5,7-8,14H,2,4,6,13H2,1H3;1H. The maximum Gasteiger partial charge on any atom is 0.270 e. The molecule has 2 unspecified atom stereocenters. The maximum atomic E-state index is 12.2. The van der Waals surface area contributed by atoms with E-state index in [1.165, 1.54) is 0 Å². The number of halogens is 2. The second kappa shape index (κ2) is 6.06. The van der Waals surface area contributed by atoms with Gasteiger partial charge in [0.15, 0.2) is 0 Å². The van der Waals surface area contributed by atoms with Gasteiger partial charge in [0.1, 0.15) is 5.69 Å². The van der Waals surface area contributed by atoms with Crippen LogP contribution in [-0.2, 0) is 0 Å². The number of aromatic amines is 1. The van der Waals surface area contributed by atoms with E-state index in [9.17, 15) is 4.79 Å². The Balaban J connectivity index is 0.00000144. The number of nitrogens with one attached hydrogen (secondary N) is 1. The van der Waals surface area contributed by atoms with Crippen LogP contribution in [-0.4, -0.2) is 34.9 Å². The number of likely N-dealkylation sites (tertiary alicyclic amines) is 1. The molecule has 2 rings (SSSR count). The van der Waals surface area contributed by atoms with Gasteiger partial charge in [-0.05, 0) is 54.5 Å². The van der Waals surface area contributed by atoms with Gasteiger partial charge in [0, 0.05) is 22.4 Å². The number of carbonyl (C=O) groups excluding carboxylic acids is 1. The lowest BCUT2D eigenvalue weighted by Gasteiger charge is -2.20. The molecule has 1 aromatic rings. The van der Waals surface area contributed by atoms with E-state index in [0.717, 1.165) is 16.5 Å². The Hall–Kier alpha value is -0.270. The zero-order valence-electron chi connectivity index (χ0n) is 9.65. The Morgan fingerprint density at radius 1 is 1.71 bits per heavy atom. The summed E-state index contributed by atoms with van der Waals surface area (Å²) in [6.07, 6.45) is 2.86. The minimum atomic E-state index is 0. The number of H-pyrrole nitrogens is 1. The first-order valence-electron chi connectivity index (χ1n) is 5.46. The van der Waals surface area contributed by atoms with Crippen molar-refractivity contribution in [1.82, 2.24) is 9.88 Å². The molecule has 17 heavy (non-hydrogen) atoms. The highest BCUT2D eigenvalue weighted by Gasteiger charge is 2.32. The first-order chi connectivity index (χ1) is 7.61. The van der Waals surface area contributed by atoms with E-state index in [4.69, 9.17) is 5.73 Å². The van der Waals surface area contributed by atoms with Gasteiger partial charge in [0.05, 0.1) is 0 Å². The zero-order valence-corrected chi connectivity index (χ0v) is 12.6. The fourth-order valence-corrected chi connectivity index (χ4v) is 2.71. The third-order valence-corrected chi connectivity index (χ3v) is 3.76. The van der Waals surface area contributed by atoms with Crippen LogP contribution in [0.15, 0.2) is 12.3 Å². The van der Waals surface area contributed by atoms with Crippen LogP contribution >= 0.6 is 35.0 Å². The van der Waals surface area contributed by atoms with Crippen LogP contribution in [0.3, 0.4) is 0 Å². The van der Waals surface area contributed by atoms with Crippen molar-refractivity contribution >= 4 is 40.9 Å². The average Bonchev–Trinajstić information content (AvgIpc) is 2.83. The highest BCUT2D eigenvalue weighted by atomic mass is 127. The second-order valence-corrected chi connectivity index (χ2v) is 5.62. The van der Waals surface area contributed by atoms with Gasteiger partial charge in [-0.1, -0.05) is 0 Å². The first-order valence-corrected chi connectivity index (χ1v) is 6.54. The molecule has 1 aromatic heterocycles. The third-order valence-electron chi connectivity index (χ3n) is 3.13. The number of amides is 1. The van der Waals surface area contributed by atoms with Crippen molar-refractivity contribution in [3.8, 4) is 0 Å². The normalized spacial score (nSPS) is 23.6. The van der Waals surface area contributed by atoms with Crippen molar-refractivity contribution in [2.45, 2.75) is 19.4 Å². The molecule has 1 aliphatic rings. The highest BCUT2D eigenvalue weighted by molar-refractivity contribution is 14.1. The van der Waals surface area contributed by atoms with Gasteiger partial charge in [-0.15, -0.1) is 12.4 Å². The molecular formula is C11H17ClIN3O. The molecule has 1 fully saturated rings. The van der Waals surface area contributed by atoms with Crippen LogP contribution in [0.5, 0.6) is 0 Å². The third kappa shape index (κ3) is 3.14. The van der Waals surface area contributed by atoms with Crippen molar-refractivity contribution in [1.29, 1.82) is 0 Å². The molecule has 4 nitrogen and oxygen atoms in total. The van der Waals surface area contributed by atoms with E-state index < -0.39 is 0 Å². The van der Waals surface area contributed by atoms with Crippen LogP contribution in [0.4, 0.5) is 0 Å². The molecule has 0 bridgehead atoms. The quantitative estimate of drug-likeness (QED) is 0.782. The maximum absolute atomic E-state index is 12.2. The molecule has 0 aliphatic carbocycles. The summed E-state index contributed by atoms with van der Waals surface area (Å²) >= 11 is 2.19. The molecule has 2 atom stereocenters. The number of aromatic nitrogens is 1. The fourth-order valence-electron chi connectivity index (χ4n) is 2.24. The number of rotatable bonds is 2. The lowest BCUT2D eigenvalue weighted by atomic mass is 10.1. The van der Waals surface area contributed by atoms with Gasteiger partial charge in [0.2, 0.25) is 0 Å². The molecule has 1 amide bonds. The Labute approximate surface area is 121 Å². The average molecular weight is 370 g/mol. The smallest absolute Gasteiger partial charge is 0.270 e. The topological polar surface area (TPSA) is 62.1 Å². The summed E-state index contributed by atoms with van der Waals surface area (Å²) in [7, 11) is 0. The van der Waals surface area contributed by atoms with E-state index in [1.54, 1.807) is 0 Å². The summed E-state index contributed by atoms with van der Waals surface area (Å²) in [5.41, 5.74) is 6.33. The Kier molecular flexibility index (Phi) is 5.27. The van der Waals surface area contributed by atoms with Crippen LogP contribution in [0.1, 0.15) is 23.8 Å². The fraction of sp³-hybridized carbons (Fsp3) is 0.545. The van der Waals surface area contributed by atoms with E-state index in [2.05, 4.69) is 34.5 Å². The Bertz CT molecular complexity index is 396. The van der Waals surface area contributed by atoms with Crippen molar-refractivity contribution in [2.24, 2.45) is 11.7 Å². The van der Waals surface area contributed by atoms with Crippen LogP contribution in [0.2, 0.25) is 0 Å². The predicted octanol–water partition coefficient (Wildman–Crippen LogP) is 1.85. The van der Waals surface area contributed by atoms with E-state index in [-0.39, 0.29) is 18.3 Å². The molecule has 0 radical (unpaired) electrons. The summed E-state index contributed by atoms with van der Waals surface area (Å²) < 4.78 is 1.06. The number of hydrogen-bond donors (Lipinski definition) is 2. The summed E-state index contributed by atoms with van der Waals surface area (Å²) in [4.78, 5) is 17.1. The number of carbonyl (C=O) groups is 1. The van der Waals surface area contributed by atoms with Crippen molar-refractivity contribution in [3.05, 3.63) is 21.5 Å². The second-order valence-electron chi connectivity index (χ2n) is 4.38. The van der Waals surface area contributed by atoms with Gasteiger partial charge in [-0.25, -0.2) is 0 Å². The van der Waals surface area contributed by atoms with Gasteiger partial charge in [0.25, 0.3) is 5.91 Å². The van der Waals surface area contributed by atoms with Crippen molar-refractivity contribution < 1.29 is 4.79 Å². The molecule has 6 heteroatoms. The molecule has 1 aliphatic heterocycles. The van der Waals surface area contributed by atoms with Gasteiger partial charge >= 0.3 is 0 Å². The Morgan fingerprint density at radius 2 is 2.41 bits per heavy atom. The summed E-state index contributed by atoms with van der Waals surface area (Å²) in [6, 6.07) is 2.17. The molecule has 2 heterocycles. The van der Waals surface area contributed by atoms with Crippen molar-refractivity contribution in [3.63, 3.8) is 0 Å². The summed E-state index contributed by atoms with van der Waals surface area (Å²) in [5, 5.41) is 0. The number of hydrogen-bond acceptors (Lipinski definition) is 2. The summed E-state index contributed by atoms with van der Waals surface area (Å²) in [5.74, 6) is 0.541. The molecule has 96 valence electrons. The zero-order chi connectivity index (χ0) is 11.7. The van der Waals surface area contributed by atoms with E-state index in [0.29, 0.717) is 24.2 Å². The largest absolute Gasteiger partial charge is 0.356 e. The number of nitrogens with two attached hydrogens (primary N) is 1.